The average molecular weight is 377 g/mol. The van der Waals surface area contributed by atoms with E-state index in [-0.39, 0.29) is 12.4 Å². The molecule has 1 aromatic carbocycles. The molecule has 1 aromatic heterocycles. The molecule has 1 heterocycles. The molecule has 1 aliphatic carbocycles. The second-order valence-corrected chi connectivity index (χ2v) is 9.71. The Morgan fingerprint density at radius 3 is 2.84 bits per heavy atom. The van der Waals surface area contributed by atoms with Crippen molar-refractivity contribution in [2.24, 2.45) is 0 Å². The first-order chi connectivity index (χ1) is 12.1. The topological polar surface area (TPSA) is 65.5 Å². The monoisotopic (exact) mass is 377 g/mol. The minimum absolute atomic E-state index is 0.243. The normalized spacial score (nSPS) is 19.0. The minimum atomic E-state index is -3.38. The molecule has 2 aromatic rings. The third kappa shape index (κ3) is 4.04. The van der Waals surface area contributed by atoms with Gasteiger partial charge in [-0.3, -0.25) is 9.32 Å². The van der Waals surface area contributed by atoms with Crippen molar-refractivity contribution in [1.29, 1.82) is 0 Å². The average Bonchev–Trinajstić information content (AvgIpc) is 2.61. The van der Waals surface area contributed by atoms with E-state index in [9.17, 15) is 9.36 Å². The van der Waals surface area contributed by atoms with Crippen molar-refractivity contribution in [3.8, 4) is 0 Å². The van der Waals surface area contributed by atoms with Crippen LogP contribution in [0.1, 0.15) is 36.3 Å². The fourth-order valence-electron chi connectivity index (χ4n) is 2.56. The Morgan fingerprint density at radius 1 is 1.28 bits per heavy atom. The highest BCUT2D eigenvalue weighted by atomic mass is 32.7. The fraction of sp³-hybridized carbons (Fsp3) is 0.333. The second-order valence-electron chi connectivity index (χ2n) is 5.56. The van der Waals surface area contributed by atoms with Gasteiger partial charge in [0.1, 0.15) is 6.10 Å². The molecule has 7 heteroatoms. The zero-order valence-corrected chi connectivity index (χ0v) is 15.9. The van der Waals surface area contributed by atoms with E-state index >= 15 is 0 Å². The molecule has 1 aliphatic rings. The molecule has 0 bridgehead atoms. The molecule has 0 saturated heterocycles. The van der Waals surface area contributed by atoms with Crippen LogP contribution >= 0.6 is 18.2 Å². The number of para-hydroxylation sites is 1. The maximum atomic E-state index is 12.8. The lowest BCUT2D eigenvalue weighted by atomic mass is 9.97. The lowest BCUT2D eigenvalue weighted by Gasteiger charge is -2.23. The Kier molecular flexibility index (Phi) is 5.74. The number of carbonyl (C=O) groups is 1. The van der Waals surface area contributed by atoms with E-state index in [4.69, 9.17) is 9.05 Å². The number of Topliss-reactive ketones (excluding diaryl/α,β-unsaturated/α-hetero) is 1. The van der Waals surface area contributed by atoms with Crippen LogP contribution in [0.5, 0.6) is 0 Å². The molecule has 5 nitrogen and oxygen atoms in total. The Balaban J connectivity index is 1.88. The first kappa shape index (κ1) is 18.3. The van der Waals surface area contributed by atoms with Gasteiger partial charge in [-0.2, -0.15) is 0 Å². The van der Waals surface area contributed by atoms with Gasteiger partial charge in [0.25, 0.3) is 0 Å². The number of hydrogen-bond donors (Lipinski definition) is 0. The number of aromatic nitrogens is 1. The summed E-state index contributed by atoms with van der Waals surface area (Å²) in [5.41, 5.74) is 1.92. The van der Waals surface area contributed by atoms with Crippen molar-refractivity contribution < 1.29 is 18.4 Å². The van der Waals surface area contributed by atoms with Gasteiger partial charge in [-0.15, -0.1) is 0 Å². The van der Waals surface area contributed by atoms with Gasteiger partial charge >= 0.3 is 6.80 Å². The van der Waals surface area contributed by atoms with Crippen molar-refractivity contribution in [2.45, 2.75) is 26.4 Å². The van der Waals surface area contributed by atoms with E-state index in [1.54, 1.807) is 19.1 Å². The Hall–Kier alpha value is -1.46. The van der Waals surface area contributed by atoms with Gasteiger partial charge < -0.3 is 4.52 Å². The van der Waals surface area contributed by atoms with Crippen LogP contribution in [0.4, 0.5) is 0 Å². The third-order valence-corrected chi connectivity index (χ3v) is 7.73. The van der Waals surface area contributed by atoms with E-state index < -0.39 is 12.9 Å². The number of hydrogen-bond acceptors (Lipinski definition) is 6. The van der Waals surface area contributed by atoms with Gasteiger partial charge in [-0.25, -0.2) is 9.55 Å². The second kappa shape index (κ2) is 7.83. The zero-order valence-electron chi connectivity index (χ0n) is 14.2. The van der Waals surface area contributed by atoms with Crippen LogP contribution in [-0.4, -0.2) is 29.2 Å². The molecule has 25 heavy (non-hydrogen) atoms. The molecule has 0 aliphatic heterocycles. The van der Waals surface area contributed by atoms with E-state index in [1.807, 2.05) is 37.3 Å². The summed E-state index contributed by atoms with van der Waals surface area (Å²) < 4.78 is 23.8. The largest absolute Gasteiger partial charge is 0.390 e. The van der Waals surface area contributed by atoms with Crippen molar-refractivity contribution in [3.63, 3.8) is 0 Å². The van der Waals surface area contributed by atoms with Crippen molar-refractivity contribution in [1.82, 2.24) is 4.98 Å². The molecule has 0 fully saturated rings. The molecule has 2 atom stereocenters. The summed E-state index contributed by atoms with van der Waals surface area (Å²) >= 11 is 1.14. The molecule has 0 saturated carbocycles. The van der Waals surface area contributed by atoms with E-state index in [0.29, 0.717) is 17.0 Å². The van der Waals surface area contributed by atoms with Gasteiger partial charge in [0.05, 0.1) is 17.8 Å². The van der Waals surface area contributed by atoms with E-state index in [2.05, 4.69) is 4.98 Å². The van der Waals surface area contributed by atoms with Crippen LogP contribution < -0.4 is 0 Å². The maximum Gasteiger partial charge on any atom is 0.390 e. The minimum Gasteiger partial charge on any atom is -0.301 e. The highest BCUT2D eigenvalue weighted by molar-refractivity contribution is 8.55. The summed E-state index contributed by atoms with van der Waals surface area (Å²) in [4.78, 5) is 17.3. The number of rotatable bonds is 7. The number of benzene rings is 1. The lowest BCUT2D eigenvalue weighted by Crippen LogP contribution is -2.25. The van der Waals surface area contributed by atoms with Gasteiger partial charge in [-0.05, 0) is 49.0 Å². The number of nitrogens with zero attached hydrogens (tertiary/aromatic N) is 1. The van der Waals surface area contributed by atoms with Crippen LogP contribution in [-0.2, 0) is 13.6 Å². The van der Waals surface area contributed by atoms with Gasteiger partial charge in [0.2, 0.25) is 0 Å². The maximum absolute atomic E-state index is 12.8. The van der Waals surface area contributed by atoms with Crippen molar-refractivity contribution >= 4 is 40.9 Å². The summed E-state index contributed by atoms with van der Waals surface area (Å²) in [6, 6.07) is 9.43. The standard InChI is InChI=1S/C18H20NO4PS/c1-3-11-25-24(21,22-4-2)23-17-10-9-16-14(18(17)20)12-13-7-5-6-8-15(13)19-16/h5-10,12,17H,3-4,11H2,1-2H3. The van der Waals surface area contributed by atoms with Crippen molar-refractivity contribution in [2.75, 3.05) is 12.4 Å². The smallest absolute Gasteiger partial charge is 0.301 e. The fourth-order valence-corrected chi connectivity index (χ4v) is 6.14. The van der Waals surface area contributed by atoms with Crippen LogP contribution in [0.15, 0.2) is 36.4 Å². The number of fused-ring (bicyclic) bond motifs is 2. The van der Waals surface area contributed by atoms with Crippen molar-refractivity contribution in [3.05, 3.63) is 47.7 Å². The first-order valence-electron chi connectivity index (χ1n) is 8.26. The molecule has 0 N–H and O–H groups in total. The third-order valence-electron chi connectivity index (χ3n) is 3.69. The molecule has 0 amide bonds. The summed E-state index contributed by atoms with van der Waals surface area (Å²) in [5.74, 6) is 0.401. The Bertz CT molecular complexity index is 867. The van der Waals surface area contributed by atoms with Crippen LogP contribution in [0, 0.1) is 0 Å². The SMILES string of the molecule is CCCSP(=O)(OCC)OC1C=Cc2nc3ccccc3cc2C1=O. The highest BCUT2D eigenvalue weighted by Crippen LogP contribution is 2.61. The molecule has 132 valence electrons. The number of carbonyl (C=O) groups excluding carboxylic acids is 1. The van der Waals surface area contributed by atoms with Gasteiger partial charge in [-0.1, -0.05) is 25.1 Å². The molecular formula is C18H20NO4PS. The molecule has 0 radical (unpaired) electrons. The molecule has 0 spiro atoms. The summed E-state index contributed by atoms with van der Waals surface area (Å²) in [6.07, 6.45) is 3.27. The Morgan fingerprint density at radius 2 is 2.08 bits per heavy atom. The van der Waals surface area contributed by atoms with E-state index in [0.717, 1.165) is 28.7 Å². The van der Waals surface area contributed by atoms with E-state index in [1.165, 1.54) is 0 Å². The van der Waals surface area contributed by atoms with Gasteiger partial charge in [0, 0.05) is 16.7 Å². The number of pyridine rings is 1. The Labute approximate surface area is 151 Å². The summed E-state index contributed by atoms with van der Waals surface area (Å²) in [5, 5.41) is 0.886. The summed E-state index contributed by atoms with van der Waals surface area (Å²) in [6.45, 7) is 0.632. The zero-order chi connectivity index (χ0) is 17.9. The van der Waals surface area contributed by atoms with Gasteiger partial charge in [0.15, 0.2) is 5.78 Å². The predicted octanol–water partition coefficient (Wildman–Crippen LogP) is 5.12. The molecular weight excluding hydrogens is 357 g/mol. The highest BCUT2D eigenvalue weighted by Gasteiger charge is 2.34. The summed E-state index contributed by atoms with van der Waals surface area (Å²) in [7, 11) is 0. The lowest BCUT2D eigenvalue weighted by molar-refractivity contribution is 0.0826. The van der Waals surface area contributed by atoms with Crippen LogP contribution in [0.25, 0.3) is 17.0 Å². The first-order valence-corrected chi connectivity index (χ1v) is 11.4. The van der Waals surface area contributed by atoms with Crippen LogP contribution in [0.2, 0.25) is 0 Å². The predicted molar refractivity (Wildman–Crippen MR) is 102 cm³/mol. The van der Waals surface area contributed by atoms with Crippen LogP contribution in [0.3, 0.4) is 0 Å². The number of ketones is 1. The molecule has 3 rings (SSSR count). The molecule has 2 unspecified atom stereocenters. The quantitative estimate of drug-likeness (QED) is 0.624.